The highest BCUT2D eigenvalue weighted by atomic mass is 28.3. The Bertz CT molecular complexity index is 391. The Labute approximate surface area is 100 Å². The summed E-state index contributed by atoms with van der Waals surface area (Å²) in [6.07, 6.45) is 3.73. The summed E-state index contributed by atoms with van der Waals surface area (Å²) in [6, 6.07) is 13.1. The van der Waals surface area contributed by atoms with Crippen LogP contribution in [0.5, 0.6) is 0 Å². The Morgan fingerprint density at radius 2 is 1.62 bits per heavy atom. The third-order valence-corrected chi connectivity index (χ3v) is 10.2. The van der Waals surface area contributed by atoms with Gasteiger partial charge >= 0.3 is 0 Å². The molecule has 2 rings (SSSR count). The van der Waals surface area contributed by atoms with Crippen molar-refractivity contribution in [3.05, 3.63) is 40.6 Å². The van der Waals surface area contributed by atoms with Crippen LogP contribution in [-0.4, -0.2) is 8.07 Å². The maximum absolute atomic E-state index is 2.50. The second-order valence-corrected chi connectivity index (χ2v) is 10.2. The molecule has 0 nitrogen and oxygen atoms in total. The van der Waals surface area contributed by atoms with Crippen LogP contribution in [0, 0.1) is 0 Å². The first-order chi connectivity index (χ1) is 7.75. The van der Waals surface area contributed by atoms with Crippen molar-refractivity contribution in [2.24, 2.45) is 0 Å². The van der Waals surface area contributed by atoms with Crippen LogP contribution in [-0.2, 0) is 6.42 Å². The topological polar surface area (TPSA) is 0 Å². The van der Waals surface area contributed by atoms with Gasteiger partial charge in [-0.05, 0) is 17.5 Å². The number of fused-ring (bicyclic) bond motifs is 1. The molecule has 1 aromatic rings. The van der Waals surface area contributed by atoms with Gasteiger partial charge < -0.3 is 0 Å². The summed E-state index contributed by atoms with van der Waals surface area (Å²) in [4.78, 5) is 0. The second-order valence-electron chi connectivity index (χ2n) is 4.89. The van der Waals surface area contributed by atoms with E-state index < -0.39 is 8.07 Å². The van der Waals surface area contributed by atoms with Gasteiger partial charge in [0, 0.05) is 0 Å². The fourth-order valence-electron chi connectivity index (χ4n) is 3.05. The normalized spacial score (nSPS) is 14.8. The first-order valence-corrected chi connectivity index (χ1v) is 9.17. The number of rotatable bonds is 4. The van der Waals surface area contributed by atoms with Crippen molar-refractivity contribution >= 4 is 14.1 Å². The lowest BCUT2D eigenvalue weighted by Gasteiger charge is -2.29. The molecule has 0 spiro atoms. The standard InChI is InChI=1S/C15H22Si/c1-4-16(5-2,6-3)15-11-13-9-7-8-10-14(13)12-15/h7-11H,4-6,12H2,1-3H3. The molecule has 0 radical (unpaired) electrons. The van der Waals surface area contributed by atoms with Crippen LogP contribution in [0.1, 0.15) is 31.9 Å². The van der Waals surface area contributed by atoms with E-state index in [-0.39, 0.29) is 0 Å². The van der Waals surface area contributed by atoms with Gasteiger partial charge in [0.15, 0.2) is 0 Å². The van der Waals surface area contributed by atoms with Crippen molar-refractivity contribution in [2.45, 2.75) is 45.3 Å². The Kier molecular flexibility index (Phi) is 3.34. The van der Waals surface area contributed by atoms with Gasteiger partial charge in [-0.2, -0.15) is 0 Å². The predicted octanol–water partition coefficient (Wildman–Crippen LogP) is 4.67. The van der Waals surface area contributed by atoms with E-state index >= 15 is 0 Å². The minimum Gasteiger partial charge on any atom is -0.0754 e. The van der Waals surface area contributed by atoms with Crippen LogP contribution in [0.2, 0.25) is 18.1 Å². The van der Waals surface area contributed by atoms with Crippen LogP contribution >= 0.6 is 0 Å². The van der Waals surface area contributed by atoms with Crippen LogP contribution in [0.3, 0.4) is 0 Å². The molecule has 0 N–H and O–H groups in total. The molecular weight excluding hydrogens is 208 g/mol. The van der Waals surface area contributed by atoms with Crippen molar-refractivity contribution in [2.75, 3.05) is 0 Å². The van der Waals surface area contributed by atoms with E-state index in [1.165, 1.54) is 30.1 Å². The lowest BCUT2D eigenvalue weighted by atomic mass is 10.1. The molecule has 0 aliphatic heterocycles. The average molecular weight is 230 g/mol. The molecule has 86 valence electrons. The minimum atomic E-state index is -1.12. The molecule has 0 heterocycles. The highest BCUT2D eigenvalue weighted by Gasteiger charge is 2.33. The molecule has 0 unspecified atom stereocenters. The zero-order valence-corrected chi connectivity index (χ0v) is 11.7. The molecule has 0 fully saturated rings. The van der Waals surface area contributed by atoms with Crippen molar-refractivity contribution in [1.82, 2.24) is 0 Å². The first-order valence-electron chi connectivity index (χ1n) is 6.54. The van der Waals surface area contributed by atoms with Crippen molar-refractivity contribution < 1.29 is 0 Å². The first kappa shape index (κ1) is 11.7. The van der Waals surface area contributed by atoms with E-state index in [1.807, 2.05) is 0 Å². The number of hydrogen-bond donors (Lipinski definition) is 0. The van der Waals surface area contributed by atoms with E-state index in [9.17, 15) is 0 Å². The Hall–Kier alpha value is -0.823. The summed E-state index contributed by atoms with van der Waals surface area (Å²) in [7, 11) is -1.12. The van der Waals surface area contributed by atoms with Gasteiger partial charge in [-0.3, -0.25) is 0 Å². The van der Waals surface area contributed by atoms with Gasteiger partial charge in [0.25, 0.3) is 0 Å². The van der Waals surface area contributed by atoms with Crippen molar-refractivity contribution in [3.8, 4) is 0 Å². The fourth-order valence-corrected chi connectivity index (χ4v) is 6.94. The molecular formula is C15H22Si. The van der Waals surface area contributed by atoms with Gasteiger partial charge in [-0.1, -0.05) is 74.4 Å². The lowest BCUT2D eigenvalue weighted by molar-refractivity contribution is 1.13. The summed E-state index contributed by atoms with van der Waals surface area (Å²) < 4.78 is 0. The Morgan fingerprint density at radius 1 is 1.00 bits per heavy atom. The monoisotopic (exact) mass is 230 g/mol. The average Bonchev–Trinajstić information content (AvgIpc) is 2.76. The molecule has 16 heavy (non-hydrogen) atoms. The van der Waals surface area contributed by atoms with E-state index in [2.05, 4.69) is 51.1 Å². The summed E-state index contributed by atoms with van der Waals surface area (Å²) in [5, 5.41) is 1.79. The molecule has 0 saturated heterocycles. The summed E-state index contributed by atoms with van der Waals surface area (Å²) in [6.45, 7) is 7.18. The molecule has 1 aromatic carbocycles. The smallest absolute Gasteiger partial charge is 0.0754 e. The van der Waals surface area contributed by atoms with Crippen LogP contribution in [0.4, 0.5) is 0 Å². The molecule has 0 amide bonds. The fraction of sp³-hybridized carbons (Fsp3) is 0.467. The minimum absolute atomic E-state index is 1.12. The zero-order chi connectivity index (χ0) is 11.6. The summed E-state index contributed by atoms with van der Waals surface area (Å²) >= 11 is 0. The lowest BCUT2D eigenvalue weighted by Crippen LogP contribution is -2.34. The molecule has 1 aliphatic carbocycles. The van der Waals surface area contributed by atoms with Gasteiger partial charge in [0.1, 0.15) is 0 Å². The second kappa shape index (κ2) is 4.58. The maximum Gasteiger partial charge on any atom is 0.0812 e. The third kappa shape index (κ3) is 1.78. The van der Waals surface area contributed by atoms with Gasteiger partial charge in [-0.15, -0.1) is 0 Å². The number of hydrogen-bond acceptors (Lipinski definition) is 0. The number of allylic oxidation sites excluding steroid dienone is 1. The van der Waals surface area contributed by atoms with E-state index in [0.29, 0.717) is 0 Å². The summed E-state index contributed by atoms with van der Waals surface area (Å²) in [5.74, 6) is 0. The van der Waals surface area contributed by atoms with E-state index in [1.54, 1.807) is 10.8 Å². The highest BCUT2D eigenvalue weighted by Crippen LogP contribution is 2.36. The van der Waals surface area contributed by atoms with E-state index in [4.69, 9.17) is 0 Å². The highest BCUT2D eigenvalue weighted by molar-refractivity contribution is 6.87. The largest absolute Gasteiger partial charge is 0.0812 e. The predicted molar refractivity (Wildman–Crippen MR) is 75.3 cm³/mol. The molecule has 0 aromatic heterocycles. The Morgan fingerprint density at radius 3 is 2.19 bits per heavy atom. The van der Waals surface area contributed by atoms with Crippen LogP contribution in [0.15, 0.2) is 29.5 Å². The van der Waals surface area contributed by atoms with Gasteiger partial charge in [0.2, 0.25) is 0 Å². The quantitative estimate of drug-likeness (QED) is 0.659. The maximum atomic E-state index is 2.50. The zero-order valence-electron chi connectivity index (χ0n) is 10.7. The van der Waals surface area contributed by atoms with E-state index in [0.717, 1.165) is 0 Å². The molecule has 0 saturated carbocycles. The van der Waals surface area contributed by atoms with Crippen LogP contribution < -0.4 is 0 Å². The third-order valence-electron chi connectivity index (χ3n) is 4.48. The SMILES string of the molecule is CC[Si](CC)(CC)C1=Cc2ccccc2C1. The number of benzene rings is 1. The summed E-state index contributed by atoms with van der Waals surface area (Å²) in [5.41, 5.74) is 3.02. The molecule has 0 atom stereocenters. The van der Waals surface area contributed by atoms with Gasteiger partial charge in [-0.25, -0.2) is 0 Å². The molecule has 0 bridgehead atoms. The van der Waals surface area contributed by atoms with Gasteiger partial charge in [0.05, 0.1) is 8.07 Å². The van der Waals surface area contributed by atoms with Crippen LogP contribution in [0.25, 0.3) is 6.08 Å². The van der Waals surface area contributed by atoms with Crippen molar-refractivity contribution in [1.29, 1.82) is 0 Å². The van der Waals surface area contributed by atoms with Crippen molar-refractivity contribution in [3.63, 3.8) is 0 Å². The Balaban J connectivity index is 2.33. The molecule has 1 heteroatoms. The molecule has 1 aliphatic rings.